The number of nitrogens with one attached hydrogen (secondary N) is 1. The van der Waals surface area contributed by atoms with E-state index in [1.807, 2.05) is 30.6 Å². The lowest BCUT2D eigenvalue weighted by atomic mass is 9.83. The van der Waals surface area contributed by atoms with Gasteiger partial charge in [0.1, 0.15) is 16.1 Å². The fourth-order valence-corrected chi connectivity index (χ4v) is 4.97. The smallest absolute Gasteiger partial charge is 0.324 e. The molecule has 7 nitrogen and oxygen atoms in total. The predicted molar refractivity (Wildman–Crippen MR) is 119 cm³/mol. The van der Waals surface area contributed by atoms with Crippen LogP contribution >= 0.6 is 22.9 Å². The zero-order valence-electron chi connectivity index (χ0n) is 16.8. The van der Waals surface area contributed by atoms with E-state index in [1.54, 1.807) is 30.6 Å². The van der Waals surface area contributed by atoms with Gasteiger partial charge in [-0.15, -0.1) is 11.3 Å². The zero-order chi connectivity index (χ0) is 21.3. The van der Waals surface area contributed by atoms with Crippen molar-refractivity contribution in [3.63, 3.8) is 0 Å². The van der Waals surface area contributed by atoms with Crippen molar-refractivity contribution in [3.05, 3.63) is 46.4 Å². The lowest BCUT2D eigenvalue weighted by Crippen LogP contribution is -2.61. The molecule has 0 bridgehead atoms. The summed E-state index contributed by atoms with van der Waals surface area (Å²) in [5, 5.41) is 16.8. The summed E-state index contributed by atoms with van der Waals surface area (Å²) in [4.78, 5) is 24.4. The van der Waals surface area contributed by atoms with Gasteiger partial charge in [-0.2, -0.15) is 0 Å². The third-order valence-corrected chi connectivity index (χ3v) is 6.78. The molecule has 158 valence electrons. The van der Waals surface area contributed by atoms with Gasteiger partial charge >= 0.3 is 5.97 Å². The van der Waals surface area contributed by atoms with Gasteiger partial charge in [0.2, 0.25) is 5.95 Å². The maximum Gasteiger partial charge on any atom is 0.324 e. The summed E-state index contributed by atoms with van der Waals surface area (Å²) in [5.41, 5.74) is -0.113. The fourth-order valence-electron chi connectivity index (χ4n) is 3.95. The highest BCUT2D eigenvalue weighted by Gasteiger charge is 2.44. The number of carbonyl (C=O) groups is 1. The number of hydrogen-bond donors (Lipinski definition) is 2. The van der Waals surface area contributed by atoms with E-state index in [0.29, 0.717) is 42.7 Å². The average molecular weight is 447 g/mol. The summed E-state index contributed by atoms with van der Waals surface area (Å²) in [5.74, 6) is 0.402. The number of ether oxygens (including phenoxy) is 1. The number of piperidine rings is 1. The second-order valence-corrected chi connectivity index (χ2v) is 8.86. The Balaban J connectivity index is 1.49. The summed E-state index contributed by atoms with van der Waals surface area (Å²) < 4.78 is 5.18. The maximum atomic E-state index is 12.2. The Hall–Kier alpha value is -2.42. The quantitative estimate of drug-likeness (QED) is 0.592. The predicted octanol–water partition coefficient (Wildman–Crippen LogP) is 3.96. The van der Waals surface area contributed by atoms with E-state index < -0.39 is 11.5 Å². The molecule has 3 heterocycles. The maximum absolute atomic E-state index is 12.2. The number of hydrogen-bond acceptors (Lipinski definition) is 7. The first-order chi connectivity index (χ1) is 14.4. The van der Waals surface area contributed by atoms with E-state index >= 15 is 0 Å². The molecule has 2 atom stereocenters. The number of rotatable bonds is 6. The number of fused-ring (bicyclic) bond motifs is 1. The van der Waals surface area contributed by atoms with Crippen LogP contribution in [0.2, 0.25) is 5.02 Å². The topological polar surface area (TPSA) is 87.6 Å². The lowest BCUT2D eigenvalue weighted by molar-refractivity contribution is -0.146. The molecule has 1 saturated heterocycles. The number of nitrogens with zero attached hydrogens (tertiary/aromatic N) is 3. The molecular formula is C21H23ClN4O3S. The molecule has 30 heavy (non-hydrogen) atoms. The number of methoxy groups -OCH3 is 1. The van der Waals surface area contributed by atoms with E-state index in [1.165, 1.54) is 0 Å². The van der Waals surface area contributed by atoms with Gasteiger partial charge in [-0.3, -0.25) is 10.1 Å². The van der Waals surface area contributed by atoms with Gasteiger partial charge in [-0.1, -0.05) is 17.7 Å². The molecular weight excluding hydrogens is 424 g/mol. The van der Waals surface area contributed by atoms with Crippen molar-refractivity contribution >= 4 is 45.1 Å². The van der Waals surface area contributed by atoms with Crippen molar-refractivity contribution in [2.24, 2.45) is 0 Å². The molecule has 0 spiro atoms. The van der Waals surface area contributed by atoms with Crippen LogP contribution < -0.4 is 15.0 Å². The van der Waals surface area contributed by atoms with Gasteiger partial charge in [0.05, 0.1) is 12.1 Å². The third kappa shape index (κ3) is 3.95. The van der Waals surface area contributed by atoms with Gasteiger partial charge in [0, 0.05) is 30.7 Å². The van der Waals surface area contributed by atoms with Crippen molar-refractivity contribution in [2.75, 3.05) is 18.6 Å². The van der Waals surface area contributed by atoms with Crippen LogP contribution in [0.15, 0.2) is 35.8 Å². The third-order valence-electron chi connectivity index (χ3n) is 5.66. The van der Waals surface area contributed by atoms with Crippen molar-refractivity contribution in [1.82, 2.24) is 15.3 Å². The molecule has 2 unspecified atom stereocenters. The lowest BCUT2D eigenvalue weighted by Gasteiger charge is -2.43. The minimum atomic E-state index is -1.02. The molecule has 0 radical (unpaired) electrons. The Morgan fingerprint density at radius 2 is 2.30 bits per heavy atom. The van der Waals surface area contributed by atoms with Gasteiger partial charge in [0.15, 0.2) is 0 Å². The number of thiophene rings is 1. The van der Waals surface area contributed by atoms with Crippen LogP contribution in [0, 0.1) is 0 Å². The summed E-state index contributed by atoms with van der Waals surface area (Å²) in [7, 11) is 1.56. The van der Waals surface area contributed by atoms with Gasteiger partial charge in [0.25, 0.3) is 0 Å². The van der Waals surface area contributed by atoms with Crippen LogP contribution in [0.4, 0.5) is 5.95 Å². The molecule has 9 heteroatoms. The molecule has 3 aromatic rings. The highest BCUT2D eigenvalue weighted by atomic mass is 35.5. The Labute approximate surface area is 183 Å². The van der Waals surface area contributed by atoms with Crippen LogP contribution in [0.3, 0.4) is 0 Å². The minimum Gasteiger partial charge on any atom is -0.495 e. The zero-order valence-corrected chi connectivity index (χ0v) is 18.3. The normalized spacial score (nSPS) is 21.7. The second-order valence-electron chi connectivity index (χ2n) is 7.56. The Morgan fingerprint density at radius 3 is 3.00 bits per heavy atom. The highest BCUT2D eigenvalue weighted by Crippen LogP contribution is 2.32. The molecule has 0 amide bonds. The molecule has 2 aromatic heterocycles. The van der Waals surface area contributed by atoms with E-state index in [4.69, 9.17) is 16.3 Å². The average Bonchev–Trinajstić information content (AvgIpc) is 3.20. The number of carboxylic acids is 1. The molecule has 1 aromatic carbocycles. The van der Waals surface area contributed by atoms with E-state index in [2.05, 4.69) is 20.2 Å². The first kappa shape index (κ1) is 20.8. The number of anilines is 1. The van der Waals surface area contributed by atoms with Crippen LogP contribution in [0.25, 0.3) is 10.2 Å². The van der Waals surface area contributed by atoms with Crippen molar-refractivity contribution in [2.45, 2.75) is 37.9 Å². The van der Waals surface area contributed by atoms with E-state index in [-0.39, 0.29) is 6.04 Å². The van der Waals surface area contributed by atoms with Gasteiger partial charge < -0.3 is 14.7 Å². The Morgan fingerprint density at radius 1 is 1.47 bits per heavy atom. The van der Waals surface area contributed by atoms with Crippen LogP contribution in [-0.2, 0) is 11.3 Å². The van der Waals surface area contributed by atoms with Crippen molar-refractivity contribution in [3.8, 4) is 5.75 Å². The minimum absolute atomic E-state index is 0.0285. The molecule has 1 aliphatic heterocycles. The number of aromatic nitrogens is 2. The molecule has 1 fully saturated rings. The van der Waals surface area contributed by atoms with Crippen molar-refractivity contribution < 1.29 is 14.6 Å². The van der Waals surface area contributed by atoms with Gasteiger partial charge in [-0.25, -0.2) is 9.97 Å². The Bertz CT molecular complexity index is 1080. The summed E-state index contributed by atoms with van der Waals surface area (Å²) in [6.45, 7) is 2.98. The van der Waals surface area contributed by atoms with Crippen LogP contribution in [-0.4, -0.2) is 46.3 Å². The number of halogens is 1. The first-order valence-electron chi connectivity index (χ1n) is 9.69. The summed E-state index contributed by atoms with van der Waals surface area (Å²) in [6, 6.07) is 7.44. The van der Waals surface area contributed by atoms with E-state index in [9.17, 15) is 9.90 Å². The molecule has 0 saturated carbocycles. The summed E-state index contributed by atoms with van der Waals surface area (Å²) >= 11 is 7.78. The van der Waals surface area contributed by atoms with Gasteiger partial charge in [-0.05, 0) is 48.9 Å². The Kier molecular flexibility index (Phi) is 5.81. The molecule has 1 aliphatic rings. The van der Waals surface area contributed by atoms with E-state index in [0.717, 1.165) is 15.8 Å². The highest BCUT2D eigenvalue weighted by molar-refractivity contribution is 7.16. The standard InChI is InChI=1S/C21H23ClN4O3S/c1-13-10-21(19(27)28,24-11-14-3-4-17(29-2)16(22)9-14)6-7-26(13)20-23-12-15-5-8-30-18(15)25-20/h3-5,8-9,12-13,24H,6-7,10-11H2,1-2H3,(H,27,28). The molecule has 4 rings (SSSR count). The van der Waals surface area contributed by atoms with Crippen LogP contribution in [0.5, 0.6) is 5.75 Å². The summed E-state index contributed by atoms with van der Waals surface area (Å²) in [6.07, 6.45) is 2.71. The second kappa shape index (κ2) is 8.37. The largest absolute Gasteiger partial charge is 0.495 e. The van der Waals surface area contributed by atoms with Crippen molar-refractivity contribution in [1.29, 1.82) is 0 Å². The fraction of sp³-hybridized carbons (Fsp3) is 0.381. The monoisotopic (exact) mass is 446 g/mol. The van der Waals surface area contributed by atoms with Crippen LogP contribution in [0.1, 0.15) is 25.3 Å². The number of benzene rings is 1. The molecule has 0 aliphatic carbocycles. The number of aliphatic carboxylic acids is 1. The first-order valence-corrected chi connectivity index (χ1v) is 11.0. The molecule has 2 N–H and O–H groups in total. The number of carboxylic acid groups (broad SMARTS) is 1. The SMILES string of the molecule is COc1ccc(CNC2(C(=O)O)CCN(c3ncc4ccsc4n3)C(C)C2)cc1Cl.